The molecular formula is C34H44N10+4. The molecule has 0 radical (unpaired) electrons. The summed E-state index contributed by atoms with van der Waals surface area (Å²) in [6.07, 6.45) is 16.4. The maximum absolute atomic E-state index is 7.04. The summed E-state index contributed by atoms with van der Waals surface area (Å²) in [7, 11) is 16.3. The monoisotopic (exact) mass is 592 g/mol. The molecule has 0 aliphatic rings. The van der Waals surface area contributed by atoms with Crippen molar-refractivity contribution in [2.75, 3.05) is 87.4 Å². The Balaban J connectivity index is 1.92. The van der Waals surface area contributed by atoms with Crippen LogP contribution in [0.4, 0.5) is 34.1 Å². The van der Waals surface area contributed by atoms with Crippen LogP contribution in [0.2, 0.25) is 0 Å². The van der Waals surface area contributed by atoms with Gasteiger partial charge in [-0.3, -0.25) is 0 Å². The standard InChI is InChI=1S/C34H44N10/c1-37(2)25-9-17-41(18-10-25)31-29(35)30(36)32(42-19-11-26(12-20-42)38(3)4)34(44-23-15-28(16-24-44)40(7)8)33(31)43-21-13-27(14-22-43)39(5)6/h9-24H,35-36H2,1-8H3/q+4. The maximum atomic E-state index is 7.04. The van der Waals surface area contributed by atoms with Gasteiger partial charge in [0.25, 0.3) is 0 Å². The summed E-state index contributed by atoms with van der Waals surface area (Å²) in [5.74, 6) is 0. The molecule has 0 aliphatic heterocycles. The van der Waals surface area contributed by atoms with Gasteiger partial charge in [-0.05, 0) is 0 Å². The summed E-state index contributed by atoms with van der Waals surface area (Å²) >= 11 is 0. The van der Waals surface area contributed by atoms with Crippen molar-refractivity contribution in [3.05, 3.63) is 98.1 Å². The van der Waals surface area contributed by atoms with E-state index in [9.17, 15) is 0 Å². The van der Waals surface area contributed by atoms with Gasteiger partial charge in [-0.25, -0.2) is 0 Å². The Bertz CT molecular complexity index is 1610. The summed E-state index contributed by atoms with van der Waals surface area (Å²) in [5, 5.41) is 0. The lowest BCUT2D eigenvalue weighted by Crippen LogP contribution is -2.48. The topological polar surface area (TPSA) is 80.5 Å². The van der Waals surface area contributed by atoms with E-state index in [0.29, 0.717) is 11.4 Å². The Hall–Kier alpha value is -5.38. The lowest BCUT2D eigenvalue weighted by molar-refractivity contribution is -0.661. The second-order valence-corrected chi connectivity index (χ2v) is 11.7. The first-order valence-electron chi connectivity index (χ1n) is 14.5. The van der Waals surface area contributed by atoms with Crippen LogP contribution in [0.3, 0.4) is 0 Å². The molecule has 0 saturated heterocycles. The number of aromatic nitrogens is 4. The van der Waals surface area contributed by atoms with Crippen LogP contribution in [-0.2, 0) is 0 Å². The second kappa shape index (κ2) is 12.1. The van der Waals surface area contributed by atoms with Gasteiger partial charge in [0.15, 0.2) is 49.6 Å². The molecule has 10 heteroatoms. The van der Waals surface area contributed by atoms with Gasteiger partial charge in [-0.2, -0.15) is 18.3 Å². The minimum atomic E-state index is 0.486. The van der Waals surface area contributed by atoms with E-state index < -0.39 is 0 Å². The SMILES string of the molecule is CN(C)c1cc[n+](-c2c(N)c(N)c(-[n+]3ccc(N(C)C)cc3)c(-[n+]3ccc(N(C)C)cc3)c2-[n+]2ccc(N(C)C)cc2)cc1. The number of nitrogens with two attached hydrogens (primary N) is 2. The molecule has 1 aromatic carbocycles. The molecule has 4 heterocycles. The number of benzene rings is 1. The number of pyridine rings is 4. The fourth-order valence-corrected chi connectivity index (χ4v) is 5.21. The van der Waals surface area contributed by atoms with Gasteiger partial charge in [-0.1, -0.05) is 0 Å². The Kier molecular flexibility index (Phi) is 8.26. The van der Waals surface area contributed by atoms with Crippen molar-refractivity contribution < 1.29 is 18.3 Å². The highest BCUT2D eigenvalue weighted by molar-refractivity contribution is 5.86. The van der Waals surface area contributed by atoms with E-state index in [1.165, 1.54) is 0 Å². The first kappa shape index (κ1) is 30.1. The predicted molar refractivity (Wildman–Crippen MR) is 179 cm³/mol. The summed E-state index contributed by atoms with van der Waals surface area (Å²) < 4.78 is 8.32. The van der Waals surface area contributed by atoms with E-state index in [2.05, 4.69) is 102 Å². The van der Waals surface area contributed by atoms with E-state index >= 15 is 0 Å². The van der Waals surface area contributed by atoms with E-state index in [4.69, 9.17) is 11.5 Å². The molecule has 226 valence electrons. The van der Waals surface area contributed by atoms with Gasteiger partial charge < -0.3 is 31.1 Å². The molecule has 0 saturated carbocycles. The first-order chi connectivity index (χ1) is 21.0. The summed E-state index contributed by atoms with van der Waals surface area (Å²) in [6, 6.07) is 16.7. The molecule has 0 aliphatic carbocycles. The van der Waals surface area contributed by atoms with Gasteiger partial charge in [0.1, 0.15) is 11.4 Å². The van der Waals surface area contributed by atoms with Crippen LogP contribution in [0.15, 0.2) is 98.1 Å². The van der Waals surface area contributed by atoms with E-state index in [0.717, 1.165) is 45.5 Å². The molecule has 0 spiro atoms. The fourth-order valence-electron chi connectivity index (χ4n) is 5.21. The van der Waals surface area contributed by atoms with Crippen LogP contribution in [0, 0.1) is 0 Å². The normalized spacial score (nSPS) is 10.9. The van der Waals surface area contributed by atoms with Crippen molar-refractivity contribution in [2.24, 2.45) is 0 Å². The number of nitrogen functional groups attached to an aromatic ring is 2. The van der Waals surface area contributed by atoms with E-state index in [1.807, 2.05) is 90.3 Å². The molecular weight excluding hydrogens is 548 g/mol. The lowest BCUT2D eigenvalue weighted by Gasteiger charge is -2.15. The van der Waals surface area contributed by atoms with Crippen molar-refractivity contribution >= 4 is 34.1 Å². The third kappa shape index (κ3) is 5.66. The first-order valence-corrected chi connectivity index (χ1v) is 14.5. The quantitative estimate of drug-likeness (QED) is 0.213. The van der Waals surface area contributed by atoms with Gasteiger partial charge in [0, 0.05) is 128 Å². The smallest absolute Gasteiger partial charge is 0.365 e. The molecule has 5 rings (SSSR count). The summed E-state index contributed by atoms with van der Waals surface area (Å²) in [5.41, 5.74) is 22.7. The van der Waals surface area contributed by atoms with Crippen molar-refractivity contribution in [2.45, 2.75) is 0 Å². The number of anilines is 6. The van der Waals surface area contributed by atoms with Crippen LogP contribution < -0.4 is 49.3 Å². The van der Waals surface area contributed by atoms with Crippen LogP contribution in [0.1, 0.15) is 0 Å². The fraction of sp³-hybridized carbons (Fsp3) is 0.235. The molecule has 0 atom stereocenters. The molecule has 4 N–H and O–H groups in total. The average molecular weight is 593 g/mol. The summed E-state index contributed by atoms with van der Waals surface area (Å²) in [6.45, 7) is 0. The zero-order valence-corrected chi connectivity index (χ0v) is 27.0. The Morgan fingerprint density at radius 1 is 0.341 bits per heavy atom. The van der Waals surface area contributed by atoms with Gasteiger partial charge in [0.2, 0.25) is 0 Å². The van der Waals surface area contributed by atoms with E-state index in [1.54, 1.807) is 0 Å². The molecule has 0 fully saturated rings. The van der Waals surface area contributed by atoms with Gasteiger partial charge in [0.05, 0.1) is 0 Å². The number of hydrogen-bond acceptors (Lipinski definition) is 6. The largest absolute Gasteiger partial charge is 0.391 e. The zero-order chi connectivity index (χ0) is 31.7. The maximum Gasteiger partial charge on any atom is 0.365 e. The Labute approximate surface area is 260 Å². The third-order valence-electron chi connectivity index (χ3n) is 7.82. The average Bonchev–Trinajstić information content (AvgIpc) is 3.02. The minimum Gasteiger partial charge on any atom is -0.391 e. The van der Waals surface area contributed by atoms with Gasteiger partial charge in [-0.15, -0.1) is 0 Å². The molecule has 0 bridgehead atoms. The molecule has 0 unspecified atom stereocenters. The van der Waals surface area contributed by atoms with Crippen LogP contribution in [-0.4, -0.2) is 56.4 Å². The minimum absolute atomic E-state index is 0.486. The molecule has 0 amide bonds. The highest BCUT2D eigenvalue weighted by atomic mass is 15.1. The van der Waals surface area contributed by atoms with E-state index in [-0.39, 0.29) is 0 Å². The molecule has 10 nitrogen and oxygen atoms in total. The van der Waals surface area contributed by atoms with Crippen molar-refractivity contribution in [3.8, 4) is 22.7 Å². The van der Waals surface area contributed by atoms with Crippen molar-refractivity contribution in [1.82, 2.24) is 0 Å². The number of hydrogen-bond donors (Lipinski definition) is 2. The highest BCUT2D eigenvalue weighted by Crippen LogP contribution is 2.34. The lowest BCUT2D eigenvalue weighted by atomic mass is 10.1. The zero-order valence-electron chi connectivity index (χ0n) is 27.0. The highest BCUT2D eigenvalue weighted by Gasteiger charge is 2.43. The van der Waals surface area contributed by atoms with Gasteiger partial charge >= 0.3 is 22.7 Å². The molecule has 4 aromatic heterocycles. The Morgan fingerprint density at radius 3 is 0.705 bits per heavy atom. The van der Waals surface area contributed by atoms with Crippen LogP contribution in [0.25, 0.3) is 22.7 Å². The number of rotatable bonds is 8. The second-order valence-electron chi connectivity index (χ2n) is 11.7. The molecule has 5 aromatic rings. The molecule has 44 heavy (non-hydrogen) atoms. The van der Waals surface area contributed by atoms with Crippen molar-refractivity contribution in [1.29, 1.82) is 0 Å². The third-order valence-corrected chi connectivity index (χ3v) is 7.82. The predicted octanol–water partition coefficient (Wildman–Crippen LogP) is 2.22. The number of nitrogens with zero attached hydrogens (tertiary/aromatic N) is 8. The van der Waals surface area contributed by atoms with Crippen LogP contribution in [0.5, 0.6) is 0 Å². The Morgan fingerprint density at radius 2 is 0.523 bits per heavy atom. The van der Waals surface area contributed by atoms with Crippen molar-refractivity contribution in [3.63, 3.8) is 0 Å². The summed E-state index contributed by atoms with van der Waals surface area (Å²) in [4.78, 5) is 8.31. The van der Waals surface area contributed by atoms with Crippen LogP contribution >= 0.6 is 0 Å².